The van der Waals surface area contributed by atoms with Crippen LogP contribution in [0.4, 0.5) is 4.39 Å². The maximum atomic E-state index is 13.6. The maximum absolute atomic E-state index is 13.6. The van der Waals surface area contributed by atoms with Gasteiger partial charge in [0.05, 0.1) is 5.56 Å². The van der Waals surface area contributed by atoms with Crippen molar-refractivity contribution in [2.45, 2.75) is 33.2 Å². The molecule has 5 heteroatoms. The molecule has 0 aliphatic rings. The molecule has 1 unspecified atom stereocenters. The van der Waals surface area contributed by atoms with Gasteiger partial charge in [0.15, 0.2) is 0 Å². The summed E-state index contributed by atoms with van der Waals surface area (Å²) in [4.78, 5) is 22.9. The Morgan fingerprint density at radius 1 is 1.37 bits per heavy atom. The number of benzene rings is 1. The highest BCUT2D eigenvalue weighted by Gasteiger charge is 2.25. The van der Waals surface area contributed by atoms with Gasteiger partial charge in [0, 0.05) is 0 Å². The van der Waals surface area contributed by atoms with Crippen LogP contribution in [0.3, 0.4) is 0 Å². The normalized spacial score (nSPS) is 12.3. The van der Waals surface area contributed by atoms with E-state index in [1.807, 2.05) is 6.92 Å². The van der Waals surface area contributed by atoms with Gasteiger partial charge in [-0.05, 0) is 30.0 Å². The Bertz CT molecular complexity index is 486. The molecule has 0 heterocycles. The molecular formula is C14H18FNO3. The van der Waals surface area contributed by atoms with Crippen molar-refractivity contribution in [1.29, 1.82) is 0 Å². The van der Waals surface area contributed by atoms with E-state index in [0.29, 0.717) is 6.42 Å². The van der Waals surface area contributed by atoms with Gasteiger partial charge >= 0.3 is 5.97 Å². The first-order chi connectivity index (χ1) is 8.86. The summed E-state index contributed by atoms with van der Waals surface area (Å²) in [6.07, 6.45) is 0.674. The summed E-state index contributed by atoms with van der Waals surface area (Å²) in [7, 11) is 0. The standard InChI is InChI=1S/C14H18FNO3/c1-4-9-5-6-11(15)10(7-9)13(17)16-12(8(2)3)14(18)19/h5-8,12H,4H2,1-3H3,(H,16,17)(H,18,19). The van der Waals surface area contributed by atoms with E-state index in [9.17, 15) is 14.0 Å². The first-order valence-corrected chi connectivity index (χ1v) is 6.18. The van der Waals surface area contributed by atoms with Gasteiger partial charge in [-0.2, -0.15) is 0 Å². The van der Waals surface area contributed by atoms with Crippen LogP contribution >= 0.6 is 0 Å². The lowest BCUT2D eigenvalue weighted by atomic mass is 10.0. The van der Waals surface area contributed by atoms with Crippen molar-refractivity contribution in [3.05, 3.63) is 35.1 Å². The van der Waals surface area contributed by atoms with Gasteiger partial charge in [0.25, 0.3) is 5.91 Å². The number of aliphatic carboxylic acids is 1. The number of carboxylic acid groups (broad SMARTS) is 1. The molecular weight excluding hydrogens is 249 g/mol. The average Bonchev–Trinajstić information content (AvgIpc) is 2.35. The van der Waals surface area contributed by atoms with Crippen molar-refractivity contribution >= 4 is 11.9 Å². The third-order valence-corrected chi connectivity index (χ3v) is 2.90. The quantitative estimate of drug-likeness (QED) is 0.859. The van der Waals surface area contributed by atoms with Crippen molar-refractivity contribution in [3.8, 4) is 0 Å². The molecule has 0 saturated carbocycles. The molecule has 0 aliphatic carbocycles. The largest absolute Gasteiger partial charge is 0.480 e. The minimum absolute atomic E-state index is 0.119. The predicted molar refractivity (Wildman–Crippen MR) is 69.5 cm³/mol. The Morgan fingerprint density at radius 3 is 2.47 bits per heavy atom. The molecule has 4 nitrogen and oxygen atoms in total. The molecule has 0 saturated heterocycles. The van der Waals surface area contributed by atoms with Crippen LogP contribution in [0.25, 0.3) is 0 Å². The summed E-state index contributed by atoms with van der Waals surface area (Å²) in [5, 5.41) is 11.3. The summed E-state index contributed by atoms with van der Waals surface area (Å²) in [5.74, 6) is -2.76. The van der Waals surface area contributed by atoms with Crippen molar-refractivity contribution in [2.75, 3.05) is 0 Å². The topological polar surface area (TPSA) is 66.4 Å². The molecule has 0 fully saturated rings. The van der Waals surface area contributed by atoms with Crippen LogP contribution < -0.4 is 5.32 Å². The zero-order valence-corrected chi connectivity index (χ0v) is 11.2. The Morgan fingerprint density at radius 2 is 2.00 bits per heavy atom. The molecule has 1 aromatic rings. The predicted octanol–water partition coefficient (Wildman–Crippen LogP) is 2.23. The van der Waals surface area contributed by atoms with Gasteiger partial charge in [-0.1, -0.05) is 26.8 Å². The van der Waals surface area contributed by atoms with E-state index in [4.69, 9.17) is 5.11 Å². The summed E-state index contributed by atoms with van der Waals surface area (Å²) in [5.41, 5.74) is 0.703. The van der Waals surface area contributed by atoms with E-state index < -0.39 is 23.7 Å². The summed E-state index contributed by atoms with van der Waals surface area (Å²) in [6.45, 7) is 5.25. The molecule has 1 atom stereocenters. The van der Waals surface area contributed by atoms with Crippen LogP contribution in [-0.2, 0) is 11.2 Å². The average molecular weight is 267 g/mol. The monoisotopic (exact) mass is 267 g/mol. The lowest BCUT2D eigenvalue weighted by Crippen LogP contribution is -2.44. The summed E-state index contributed by atoms with van der Waals surface area (Å²) in [6, 6.07) is 3.24. The number of amides is 1. The zero-order chi connectivity index (χ0) is 14.6. The number of hydrogen-bond donors (Lipinski definition) is 2. The van der Waals surface area contributed by atoms with Crippen molar-refractivity contribution in [1.82, 2.24) is 5.32 Å². The van der Waals surface area contributed by atoms with E-state index in [-0.39, 0.29) is 11.5 Å². The number of carbonyl (C=O) groups is 2. The Labute approximate surface area is 111 Å². The second-order valence-corrected chi connectivity index (χ2v) is 4.70. The Hall–Kier alpha value is -1.91. The van der Waals surface area contributed by atoms with Gasteiger partial charge in [-0.25, -0.2) is 9.18 Å². The minimum atomic E-state index is -1.13. The molecule has 1 aromatic carbocycles. The molecule has 0 bridgehead atoms. The smallest absolute Gasteiger partial charge is 0.326 e. The first-order valence-electron chi connectivity index (χ1n) is 6.18. The summed E-state index contributed by atoms with van der Waals surface area (Å²) >= 11 is 0. The summed E-state index contributed by atoms with van der Waals surface area (Å²) < 4.78 is 13.6. The minimum Gasteiger partial charge on any atom is -0.480 e. The number of carboxylic acids is 1. The van der Waals surface area contributed by atoms with Crippen molar-refractivity contribution in [2.24, 2.45) is 5.92 Å². The first kappa shape index (κ1) is 15.1. The molecule has 1 rings (SSSR count). The van der Waals surface area contributed by atoms with Crippen LogP contribution in [-0.4, -0.2) is 23.0 Å². The van der Waals surface area contributed by atoms with E-state index >= 15 is 0 Å². The lowest BCUT2D eigenvalue weighted by molar-refractivity contribution is -0.140. The fourth-order valence-corrected chi connectivity index (χ4v) is 1.70. The van der Waals surface area contributed by atoms with Crippen LogP contribution in [0.15, 0.2) is 18.2 Å². The third kappa shape index (κ3) is 3.77. The molecule has 2 N–H and O–H groups in total. The highest BCUT2D eigenvalue weighted by Crippen LogP contribution is 2.12. The lowest BCUT2D eigenvalue weighted by Gasteiger charge is -2.18. The number of halogens is 1. The van der Waals surface area contributed by atoms with Gasteiger partial charge in [-0.3, -0.25) is 4.79 Å². The van der Waals surface area contributed by atoms with Crippen LogP contribution in [0, 0.1) is 11.7 Å². The van der Waals surface area contributed by atoms with Gasteiger partial charge < -0.3 is 10.4 Å². The molecule has 104 valence electrons. The molecule has 0 spiro atoms. The Kier molecular flexibility index (Phi) is 5.03. The van der Waals surface area contributed by atoms with E-state index in [2.05, 4.69) is 5.32 Å². The van der Waals surface area contributed by atoms with Gasteiger partial charge in [-0.15, -0.1) is 0 Å². The highest BCUT2D eigenvalue weighted by molar-refractivity contribution is 5.97. The highest BCUT2D eigenvalue weighted by atomic mass is 19.1. The molecule has 19 heavy (non-hydrogen) atoms. The van der Waals surface area contributed by atoms with Crippen LogP contribution in [0.5, 0.6) is 0 Å². The second-order valence-electron chi connectivity index (χ2n) is 4.70. The molecule has 1 amide bonds. The number of rotatable bonds is 5. The molecule has 0 radical (unpaired) electrons. The van der Waals surface area contributed by atoms with Gasteiger partial charge in [0.2, 0.25) is 0 Å². The molecule has 0 aliphatic heterocycles. The van der Waals surface area contributed by atoms with Gasteiger partial charge in [0.1, 0.15) is 11.9 Å². The van der Waals surface area contributed by atoms with Crippen LogP contribution in [0.2, 0.25) is 0 Å². The third-order valence-electron chi connectivity index (χ3n) is 2.90. The van der Waals surface area contributed by atoms with Crippen LogP contribution in [0.1, 0.15) is 36.7 Å². The number of aryl methyl sites for hydroxylation is 1. The number of hydrogen-bond acceptors (Lipinski definition) is 2. The van der Waals surface area contributed by atoms with Crippen molar-refractivity contribution < 1.29 is 19.1 Å². The zero-order valence-electron chi connectivity index (χ0n) is 11.2. The van der Waals surface area contributed by atoms with Crippen molar-refractivity contribution in [3.63, 3.8) is 0 Å². The fraction of sp³-hybridized carbons (Fsp3) is 0.429. The Balaban J connectivity index is 2.97. The fourth-order valence-electron chi connectivity index (χ4n) is 1.70. The number of nitrogens with one attached hydrogen (secondary N) is 1. The second kappa shape index (κ2) is 6.31. The number of carbonyl (C=O) groups excluding carboxylic acids is 1. The van der Waals surface area contributed by atoms with E-state index in [1.165, 1.54) is 12.1 Å². The maximum Gasteiger partial charge on any atom is 0.326 e. The SMILES string of the molecule is CCc1ccc(F)c(C(=O)NC(C(=O)O)C(C)C)c1. The molecule has 0 aromatic heterocycles. The van der Waals surface area contributed by atoms with E-state index in [0.717, 1.165) is 5.56 Å². The van der Waals surface area contributed by atoms with E-state index in [1.54, 1.807) is 19.9 Å².